The molecule has 8 heteroatoms. The molecular formula is C7H9N5O2S. The third kappa shape index (κ3) is 4.27. The predicted octanol–water partition coefficient (Wildman–Crippen LogP) is -0.315. The van der Waals surface area contributed by atoms with Crippen LogP contribution in [-0.4, -0.2) is 40.3 Å². The van der Waals surface area contributed by atoms with E-state index in [1.807, 2.05) is 0 Å². The van der Waals surface area contributed by atoms with Crippen molar-refractivity contribution >= 4 is 9.84 Å². The van der Waals surface area contributed by atoms with Gasteiger partial charge < -0.3 is 0 Å². The van der Waals surface area contributed by atoms with E-state index in [1.54, 1.807) is 0 Å². The maximum atomic E-state index is 10.8. The van der Waals surface area contributed by atoms with Gasteiger partial charge in [0.25, 0.3) is 0 Å². The summed E-state index contributed by atoms with van der Waals surface area (Å²) >= 11 is 0. The summed E-state index contributed by atoms with van der Waals surface area (Å²) in [6.45, 7) is 0. The van der Waals surface area contributed by atoms with Crippen molar-refractivity contribution in [2.24, 2.45) is 0 Å². The average Bonchev–Trinajstić information content (AvgIpc) is 2.76. The molecule has 2 rings (SSSR count). The van der Waals surface area contributed by atoms with E-state index in [0.717, 1.165) is 0 Å². The standard InChI is InChI=1S/C6H7NO2S.CH2N4/c1-10(8,9)6-2-4-7-5-3-6;1-2-4-5-3-1/h2-5H,1H3;1H,(H,2,3,4,5). The second-order valence-electron chi connectivity index (χ2n) is 2.52. The number of rotatable bonds is 1. The largest absolute Gasteiger partial charge is 0.265 e. The summed E-state index contributed by atoms with van der Waals surface area (Å²) < 4.78 is 21.6. The second kappa shape index (κ2) is 5.15. The highest BCUT2D eigenvalue weighted by atomic mass is 32.2. The fourth-order valence-electron chi connectivity index (χ4n) is 0.715. The van der Waals surface area contributed by atoms with Crippen LogP contribution in [0.15, 0.2) is 35.7 Å². The van der Waals surface area contributed by atoms with Crippen LogP contribution in [0.3, 0.4) is 0 Å². The van der Waals surface area contributed by atoms with Gasteiger partial charge in [0.1, 0.15) is 0 Å². The molecule has 0 spiro atoms. The molecule has 0 atom stereocenters. The summed E-state index contributed by atoms with van der Waals surface area (Å²) in [7, 11) is -3.04. The summed E-state index contributed by atoms with van der Waals surface area (Å²) in [5, 5.41) is 12.2. The second-order valence-corrected chi connectivity index (χ2v) is 4.53. The number of aromatic nitrogens is 5. The third-order valence-electron chi connectivity index (χ3n) is 1.35. The first-order chi connectivity index (χ1) is 7.11. The lowest BCUT2D eigenvalue weighted by Crippen LogP contribution is -1.95. The van der Waals surface area contributed by atoms with Gasteiger partial charge in [-0.1, -0.05) is 5.21 Å². The van der Waals surface area contributed by atoms with Gasteiger partial charge in [-0.05, 0) is 12.1 Å². The molecule has 0 saturated heterocycles. The van der Waals surface area contributed by atoms with Crippen molar-refractivity contribution in [2.75, 3.05) is 6.26 Å². The highest BCUT2D eigenvalue weighted by molar-refractivity contribution is 7.90. The minimum Gasteiger partial charge on any atom is -0.265 e. The van der Waals surface area contributed by atoms with Crippen molar-refractivity contribution in [2.45, 2.75) is 4.90 Å². The first-order valence-electron chi connectivity index (χ1n) is 3.87. The first kappa shape index (κ1) is 11.2. The zero-order valence-corrected chi connectivity index (χ0v) is 8.72. The molecule has 0 aliphatic rings. The van der Waals surface area contributed by atoms with Crippen LogP contribution < -0.4 is 0 Å². The van der Waals surface area contributed by atoms with Crippen LogP contribution in [0.2, 0.25) is 0 Å². The van der Waals surface area contributed by atoms with Crippen molar-refractivity contribution in [3.63, 3.8) is 0 Å². The van der Waals surface area contributed by atoms with Crippen LogP contribution in [0, 0.1) is 0 Å². The average molecular weight is 227 g/mol. The number of nitrogens with one attached hydrogen (secondary N) is 1. The Hall–Kier alpha value is -1.83. The Morgan fingerprint density at radius 2 is 1.93 bits per heavy atom. The molecule has 0 saturated carbocycles. The quantitative estimate of drug-likeness (QED) is 0.716. The molecule has 0 bridgehead atoms. The molecule has 15 heavy (non-hydrogen) atoms. The van der Waals surface area contributed by atoms with Gasteiger partial charge in [0.2, 0.25) is 0 Å². The van der Waals surface area contributed by atoms with Crippen LogP contribution >= 0.6 is 0 Å². The van der Waals surface area contributed by atoms with Crippen molar-refractivity contribution in [1.29, 1.82) is 0 Å². The highest BCUT2D eigenvalue weighted by Crippen LogP contribution is 2.03. The smallest absolute Gasteiger partial charge is 0.175 e. The van der Waals surface area contributed by atoms with Crippen molar-refractivity contribution in [1.82, 2.24) is 25.6 Å². The molecule has 0 fully saturated rings. The molecular weight excluding hydrogens is 218 g/mol. The first-order valence-corrected chi connectivity index (χ1v) is 5.76. The molecule has 80 valence electrons. The summed E-state index contributed by atoms with van der Waals surface area (Å²) in [5.41, 5.74) is 0. The van der Waals surface area contributed by atoms with Gasteiger partial charge >= 0.3 is 0 Å². The van der Waals surface area contributed by atoms with Gasteiger partial charge in [0.15, 0.2) is 16.2 Å². The Labute approximate surface area is 86.5 Å². The normalized spacial score (nSPS) is 10.2. The molecule has 2 aromatic heterocycles. The predicted molar refractivity (Wildman–Crippen MR) is 51.5 cm³/mol. The van der Waals surface area contributed by atoms with Crippen molar-refractivity contribution in [3.05, 3.63) is 30.9 Å². The molecule has 1 N–H and O–H groups in total. The zero-order valence-electron chi connectivity index (χ0n) is 7.90. The Bertz CT molecular complexity index is 450. The Balaban J connectivity index is 0.000000187. The number of aromatic amines is 1. The number of hydrogen-bond acceptors (Lipinski definition) is 6. The van der Waals surface area contributed by atoms with E-state index in [2.05, 4.69) is 25.6 Å². The summed E-state index contributed by atoms with van der Waals surface area (Å²) in [4.78, 5) is 4.00. The minimum absolute atomic E-state index is 0.308. The number of pyridine rings is 1. The van der Waals surface area contributed by atoms with Gasteiger partial charge in [-0.2, -0.15) is 5.21 Å². The summed E-state index contributed by atoms with van der Waals surface area (Å²) in [6, 6.07) is 2.94. The molecule has 0 aliphatic heterocycles. The van der Waals surface area contributed by atoms with Crippen LogP contribution in [0.25, 0.3) is 0 Å². The summed E-state index contributed by atoms with van der Waals surface area (Å²) in [6.07, 6.45) is 5.41. The van der Waals surface area contributed by atoms with Crippen LogP contribution in [0.1, 0.15) is 0 Å². The highest BCUT2D eigenvalue weighted by Gasteiger charge is 2.03. The third-order valence-corrected chi connectivity index (χ3v) is 2.48. The SMILES string of the molecule is CS(=O)(=O)c1ccncc1.c1nn[nH]n1. The fraction of sp³-hybridized carbons (Fsp3) is 0.143. The Morgan fingerprint density at radius 1 is 1.27 bits per heavy atom. The molecule has 0 unspecified atom stereocenters. The van der Waals surface area contributed by atoms with Crippen molar-refractivity contribution in [3.8, 4) is 0 Å². The van der Waals surface area contributed by atoms with E-state index < -0.39 is 9.84 Å². The van der Waals surface area contributed by atoms with Crippen LogP contribution in [-0.2, 0) is 9.84 Å². The topological polar surface area (TPSA) is 101 Å². The van der Waals surface area contributed by atoms with E-state index >= 15 is 0 Å². The van der Waals surface area contributed by atoms with Crippen LogP contribution in [0.4, 0.5) is 0 Å². The molecule has 7 nitrogen and oxygen atoms in total. The maximum absolute atomic E-state index is 10.8. The van der Waals surface area contributed by atoms with Crippen LogP contribution in [0.5, 0.6) is 0 Å². The van der Waals surface area contributed by atoms with E-state index in [9.17, 15) is 8.42 Å². The zero-order chi connectivity index (χ0) is 11.1. The minimum atomic E-state index is -3.04. The van der Waals surface area contributed by atoms with E-state index in [4.69, 9.17) is 0 Å². The van der Waals surface area contributed by atoms with Crippen molar-refractivity contribution < 1.29 is 8.42 Å². The number of hydrogen-bond donors (Lipinski definition) is 1. The number of tetrazole rings is 1. The maximum Gasteiger partial charge on any atom is 0.175 e. The Kier molecular flexibility index (Phi) is 3.86. The number of nitrogens with zero attached hydrogens (tertiary/aromatic N) is 4. The Morgan fingerprint density at radius 3 is 2.20 bits per heavy atom. The molecule has 2 heterocycles. The van der Waals surface area contributed by atoms with E-state index in [-0.39, 0.29) is 0 Å². The lowest BCUT2D eigenvalue weighted by atomic mass is 10.5. The van der Waals surface area contributed by atoms with Gasteiger partial charge in [-0.3, -0.25) is 4.98 Å². The van der Waals surface area contributed by atoms with Gasteiger partial charge in [-0.15, -0.1) is 10.2 Å². The monoisotopic (exact) mass is 227 g/mol. The molecule has 0 radical (unpaired) electrons. The van der Waals surface area contributed by atoms with Gasteiger partial charge in [0, 0.05) is 18.6 Å². The molecule has 0 aromatic carbocycles. The van der Waals surface area contributed by atoms with E-state index in [1.165, 1.54) is 37.1 Å². The number of H-pyrrole nitrogens is 1. The summed E-state index contributed by atoms with van der Waals surface area (Å²) in [5.74, 6) is 0. The van der Waals surface area contributed by atoms with Gasteiger partial charge in [-0.25, -0.2) is 8.42 Å². The lowest BCUT2D eigenvalue weighted by Gasteiger charge is -1.93. The molecule has 2 aromatic rings. The number of sulfone groups is 1. The van der Waals surface area contributed by atoms with Gasteiger partial charge in [0.05, 0.1) is 4.90 Å². The molecule has 0 amide bonds. The fourth-order valence-corrected chi connectivity index (χ4v) is 1.33. The molecule has 0 aliphatic carbocycles. The van der Waals surface area contributed by atoms with E-state index in [0.29, 0.717) is 4.90 Å². The lowest BCUT2D eigenvalue weighted by molar-refractivity contribution is 0.601.